The van der Waals surface area contributed by atoms with E-state index < -0.39 is 0 Å². The first-order chi connectivity index (χ1) is 9.15. The molecular formula is C14H10Br2O2S. The summed E-state index contributed by atoms with van der Waals surface area (Å²) in [7, 11) is 0. The number of ether oxygens (including phenoxy) is 1. The molecular weight excluding hydrogens is 392 g/mol. The molecule has 0 radical (unpaired) electrons. The quantitative estimate of drug-likeness (QED) is 0.673. The maximum absolute atomic E-state index is 12.5. The number of fused-ring (bicyclic) bond motifs is 1. The highest BCUT2D eigenvalue weighted by atomic mass is 79.9. The molecule has 98 valence electrons. The summed E-state index contributed by atoms with van der Waals surface area (Å²) in [6.45, 7) is 0.767. The zero-order valence-corrected chi connectivity index (χ0v) is 13.9. The van der Waals surface area contributed by atoms with E-state index in [9.17, 15) is 4.79 Å². The molecule has 0 saturated carbocycles. The van der Waals surface area contributed by atoms with Crippen molar-refractivity contribution in [2.45, 2.75) is 12.8 Å². The molecule has 2 nitrogen and oxygen atoms in total. The van der Waals surface area contributed by atoms with Crippen molar-refractivity contribution in [1.82, 2.24) is 0 Å². The number of benzene rings is 1. The number of rotatable bonds is 2. The van der Waals surface area contributed by atoms with Gasteiger partial charge < -0.3 is 4.74 Å². The molecule has 0 fully saturated rings. The summed E-state index contributed by atoms with van der Waals surface area (Å²) in [5.41, 5.74) is 2.55. The fraction of sp³-hybridized carbons (Fsp3) is 0.214. The fourth-order valence-electron chi connectivity index (χ4n) is 2.15. The van der Waals surface area contributed by atoms with Crippen molar-refractivity contribution in [3.63, 3.8) is 0 Å². The van der Waals surface area contributed by atoms with Crippen LogP contribution in [0.5, 0.6) is 5.75 Å². The van der Waals surface area contributed by atoms with E-state index in [-0.39, 0.29) is 5.78 Å². The van der Waals surface area contributed by atoms with E-state index in [0.717, 1.165) is 43.9 Å². The van der Waals surface area contributed by atoms with Gasteiger partial charge in [-0.3, -0.25) is 4.79 Å². The Bertz CT molecular complexity index is 649. The first-order valence-electron chi connectivity index (χ1n) is 5.90. The highest BCUT2D eigenvalue weighted by molar-refractivity contribution is 9.12. The van der Waals surface area contributed by atoms with Gasteiger partial charge in [0.05, 0.1) is 14.2 Å². The highest BCUT2D eigenvalue weighted by Gasteiger charge is 2.18. The van der Waals surface area contributed by atoms with Crippen LogP contribution in [0.1, 0.15) is 27.9 Å². The van der Waals surface area contributed by atoms with Crippen LogP contribution in [0.4, 0.5) is 0 Å². The number of aryl methyl sites for hydroxylation is 1. The molecule has 0 bridgehead atoms. The van der Waals surface area contributed by atoms with E-state index >= 15 is 0 Å². The summed E-state index contributed by atoms with van der Waals surface area (Å²) in [5.74, 6) is 0.954. The Morgan fingerprint density at radius 2 is 2.11 bits per heavy atom. The number of carbonyl (C=O) groups excluding carboxylic acids is 1. The van der Waals surface area contributed by atoms with E-state index in [1.165, 1.54) is 11.3 Å². The van der Waals surface area contributed by atoms with Gasteiger partial charge in [-0.25, -0.2) is 0 Å². The smallest absolute Gasteiger partial charge is 0.195 e. The van der Waals surface area contributed by atoms with Crippen molar-refractivity contribution in [3.8, 4) is 5.75 Å². The molecule has 0 saturated heterocycles. The SMILES string of the molecule is O=C(c1ccc2c(c1)CCCO2)c1cc(Br)sc1Br. The van der Waals surface area contributed by atoms with Gasteiger partial charge in [-0.2, -0.15) is 0 Å². The summed E-state index contributed by atoms with van der Waals surface area (Å²) in [4.78, 5) is 12.5. The Hall–Kier alpha value is -0.650. The van der Waals surface area contributed by atoms with Gasteiger partial charge in [-0.15, -0.1) is 11.3 Å². The summed E-state index contributed by atoms with van der Waals surface area (Å²) in [6.07, 6.45) is 1.99. The molecule has 1 aromatic heterocycles. The third-order valence-corrected chi connectivity index (χ3v) is 5.41. The summed E-state index contributed by atoms with van der Waals surface area (Å²) in [5, 5.41) is 0. The third-order valence-electron chi connectivity index (χ3n) is 3.07. The second kappa shape index (κ2) is 5.38. The molecule has 1 aliphatic rings. The molecule has 5 heteroatoms. The number of thiophene rings is 1. The van der Waals surface area contributed by atoms with Crippen molar-refractivity contribution in [2.24, 2.45) is 0 Å². The van der Waals surface area contributed by atoms with Crippen molar-refractivity contribution in [2.75, 3.05) is 6.61 Å². The monoisotopic (exact) mass is 400 g/mol. The Labute approximate surface area is 132 Å². The van der Waals surface area contributed by atoms with Gasteiger partial charge in [0, 0.05) is 11.1 Å². The molecule has 0 N–H and O–H groups in total. The van der Waals surface area contributed by atoms with Gasteiger partial charge in [0.1, 0.15) is 5.75 Å². The number of carbonyl (C=O) groups is 1. The van der Waals surface area contributed by atoms with Gasteiger partial charge >= 0.3 is 0 Å². The Morgan fingerprint density at radius 3 is 2.84 bits per heavy atom. The third kappa shape index (κ3) is 2.64. The minimum Gasteiger partial charge on any atom is -0.493 e. The van der Waals surface area contributed by atoms with Gasteiger partial charge in [0.25, 0.3) is 0 Å². The van der Waals surface area contributed by atoms with Crippen LogP contribution in [-0.2, 0) is 6.42 Å². The largest absolute Gasteiger partial charge is 0.493 e. The molecule has 0 unspecified atom stereocenters. The number of ketones is 1. The molecule has 0 spiro atoms. The zero-order valence-electron chi connectivity index (χ0n) is 9.91. The first-order valence-corrected chi connectivity index (χ1v) is 8.30. The second-order valence-corrected chi connectivity index (χ2v) is 8.09. The second-order valence-electron chi connectivity index (χ2n) is 4.34. The molecule has 3 rings (SSSR count). The van der Waals surface area contributed by atoms with Crippen LogP contribution in [0, 0.1) is 0 Å². The number of hydrogen-bond acceptors (Lipinski definition) is 3. The normalized spacial score (nSPS) is 13.8. The van der Waals surface area contributed by atoms with Crippen LogP contribution < -0.4 is 4.74 Å². The molecule has 2 heterocycles. The predicted molar refractivity (Wildman–Crippen MR) is 83.4 cm³/mol. The molecule has 2 aromatic rings. The molecule has 1 aromatic carbocycles. The number of halogens is 2. The zero-order chi connectivity index (χ0) is 13.4. The highest BCUT2D eigenvalue weighted by Crippen LogP contribution is 2.34. The van der Waals surface area contributed by atoms with E-state index in [2.05, 4.69) is 31.9 Å². The molecule has 0 amide bonds. The molecule has 19 heavy (non-hydrogen) atoms. The van der Waals surface area contributed by atoms with Crippen LogP contribution in [0.25, 0.3) is 0 Å². The summed E-state index contributed by atoms with van der Waals surface area (Å²) >= 11 is 8.34. The predicted octanol–water partition coefficient (Wildman–Crippen LogP) is 4.83. The summed E-state index contributed by atoms with van der Waals surface area (Å²) < 4.78 is 7.37. The lowest BCUT2D eigenvalue weighted by Gasteiger charge is -2.17. The number of hydrogen-bond donors (Lipinski definition) is 0. The van der Waals surface area contributed by atoms with Crippen molar-refractivity contribution in [3.05, 3.63) is 48.5 Å². The minimum atomic E-state index is 0.0437. The summed E-state index contributed by atoms with van der Waals surface area (Å²) in [6, 6.07) is 7.55. The van der Waals surface area contributed by atoms with Crippen LogP contribution in [0.2, 0.25) is 0 Å². The Balaban J connectivity index is 1.98. The van der Waals surface area contributed by atoms with E-state index in [4.69, 9.17) is 4.74 Å². The van der Waals surface area contributed by atoms with Gasteiger partial charge in [0.15, 0.2) is 5.78 Å². The average Bonchev–Trinajstić information content (AvgIpc) is 2.76. The lowest BCUT2D eigenvalue weighted by Crippen LogP contribution is -2.10. The Kier molecular flexibility index (Phi) is 3.78. The van der Waals surface area contributed by atoms with Crippen molar-refractivity contribution < 1.29 is 9.53 Å². The van der Waals surface area contributed by atoms with Crippen molar-refractivity contribution in [1.29, 1.82) is 0 Å². The topological polar surface area (TPSA) is 26.3 Å². The standard InChI is InChI=1S/C14H10Br2O2S/c15-12-7-10(14(16)19-12)13(17)9-3-4-11-8(6-9)2-1-5-18-11/h3-4,6-7H,1-2,5H2. The molecule has 1 aliphatic heterocycles. The van der Waals surface area contributed by atoms with Crippen molar-refractivity contribution >= 4 is 49.0 Å². The van der Waals surface area contributed by atoms with Crippen LogP contribution in [0.3, 0.4) is 0 Å². The molecule has 0 atom stereocenters. The van der Waals surface area contributed by atoms with Crippen LogP contribution in [-0.4, -0.2) is 12.4 Å². The van der Waals surface area contributed by atoms with Gasteiger partial charge in [0.2, 0.25) is 0 Å². The van der Waals surface area contributed by atoms with Crippen LogP contribution >= 0.6 is 43.2 Å². The van der Waals surface area contributed by atoms with Gasteiger partial charge in [-0.05, 0) is 74.5 Å². The average molecular weight is 402 g/mol. The lowest BCUT2D eigenvalue weighted by molar-refractivity contribution is 0.103. The van der Waals surface area contributed by atoms with Crippen LogP contribution in [0.15, 0.2) is 31.8 Å². The van der Waals surface area contributed by atoms with Gasteiger partial charge in [-0.1, -0.05) is 0 Å². The lowest BCUT2D eigenvalue weighted by atomic mass is 9.99. The van der Waals surface area contributed by atoms with E-state index in [1.807, 2.05) is 24.3 Å². The first kappa shape index (κ1) is 13.3. The molecule has 0 aliphatic carbocycles. The Morgan fingerprint density at radius 1 is 1.26 bits per heavy atom. The maximum atomic E-state index is 12.5. The van der Waals surface area contributed by atoms with E-state index in [1.54, 1.807) is 0 Å². The van der Waals surface area contributed by atoms with E-state index in [0.29, 0.717) is 5.56 Å². The minimum absolute atomic E-state index is 0.0437. The fourth-order valence-corrected chi connectivity index (χ4v) is 4.95. The maximum Gasteiger partial charge on any atom is 0.195 e.